The summed E-state index contributed by atoms with van der Waals surface area (Å²) in [6.45, 7) is 5.29. The molecule has 0 aliphatic carbocycles. The van der Waals surface area contributed by atoms with Crippen molar-refractivity contribution in [3.8, 4) is 0 Å². The van der Waals surface area contributed by atoms with Gasteiger partial charge in [-0.3, -0.25) is 4.79 Å². The molecule has 120 valence electrons. The highest BCUT2D eigenvalue weighted by Crippen LogP contribution is 2.21. The standard InChI is InChI=1S/C18H19BrN2O2/c1-13-12-15(4-7-17(13)19)20-18(22)14-2-5-16(6-3-14)21-8-10-23-11-9-21/h2-7,12H,8-11H2,1H3,(H,20,22). The molecule has 1 fully saturated rings. The van der Waals surface area contributed by atoms with E-state index < -0.39 is 0 Å². The lowest BCUT2D eigenvalue weighted by Crippen LogP contribution is -2.36. The fourth-order valence-electron chi connectivity index (χ4n) is 2.57. The topological polar surface area (TPSA) is 41.6 Å². The summed E-state index contributed by atoms with van der Waals surface area (Å²) in [7, 11) is 0. The van der Waals surface area contributed by atoms with Gasteiger partial charge in [-0.25, -0.2) is 0 Å². The Kier molecular flexibility index (Phi) is 4.98. The normalized spacial score (nSPS) is 14.6. The maximum atomic E-state index is 12.3. The van der Waals surface area contributed by atoms with Gasteiger partial charge < -0.3 is 15.0 Å². The van der Waals surface area contributed by atoms with E-state index in [2.05, 4.69) is 26.1 Å². The van der Waals surface area contributed by atoms with Crippen LogP contribution in [-0.2, 0) is 4.74 Å². The molecule has 0 atom stereocenters. The Hall–Kier alpha value is -1.85. The van der Waals surface area contributed by atoms with Crippen molar-refractivity contribution in [3.63, 3.8) is 0 Å². The smallest absolute Gasteiger partial charge is 0.255 e. The molecule has 1 amide bonds. The van der Waals surface area contributed by atoms with Crippen LogP contribution in [0.3, 0.4) is 0 Å². The average Bonchev–Trinajstić information content (AvgIpc) is 2.59. The Morgan fingerprint density at radius 2 is 1.83 bits per heavy atom. The molecule has 0 unspecified atom stereocenters. The number of carbonyl (C=O) groups excluding carboxylic acids is 1. The number of morpholine rings is 1. The number of benzene rings is 2. The number of ether oxygens (including phenoxy) is 1. The Bertz CT molecular complexity index is 695. The van der Waals surface area contributed by atoms with Crippen molar-refractivity contribution in [2.24, 2.45) is 0 Å². The lowest BCUT2D eigenvalue weighted by atomic mass is 10.1. The Labute approximate surface area is 144 Å². The van der Waals surface area contributed by atoms with Crippen LogP contribution in [0.25, 0.3) is 0 Å². The van der Waals surface area contributed by atoms with Crippen molar-refractivity contribution in [3.05, 3.63) is 58.1 Å². The van der Waals surface area contributed by atoms with E-state index in [1.165, 1.54) is 0 Å². The molecule has 4 nitrogen and oxygen atoms in total. The van der Waals surface area contributed by atoms with E-state index in [4.69, 9.17) is 4.74 Å². The Morgan fingerprint density at radius 3 is 2.48 bits per heavy atom. The zero-order chi connectivity index (χ0) is 16.2. The number of hydrogen-bond donors (Lipinski definition) is 1. The van der Waals surface area contributed by atoms with E-state index in [1.54, 1.807) is 0 Å². The Morgan fingerprint density at radius 1 is 1.13 bits per heavy atom. The third-order valence-corrected chi connectivity index (χ3v) is 4.81. The van der Waals surface area contributed by atoms with E-state index >= 15 is 0 Å². The number of rotatable bonds is 3. The zero-order valence-corrected chi connectivity index (χ0v) is 14.6. The molecule has 2 aromatic rings. The molecule has 2 aromatic carbocycles. The Balaban J connectivity index is 1.68. The summed E-state index contributed by atoms with van der Waals surface area (Å²) in [6.07, 6.45) is 0. The number of amides is 1. The number of hydrogen-bond acceptors (Lipinski definition) is 3. The van der Waals surface area contributed by atoms with Crippen LogP contribution in [0.5, 0.6) is 0 Å². The maximum absolute atomic E-state index is 12.3. The van der Waals surface area contributed by atoms with Gasteiger partial charge in [0.1, 0.15) is 0 Å². The van der Waals surface area contributed by atoms with Gasteiger partial charge in [-0.15, -0.1) is 0 Å². The van der Waals surface area contributed by atoms with Crippen LogP contribution in [0.4, 0.5) is 11.4 Å². The van der Waals surface area contributed by atoms with Gasteiger partial charge in [-0.05, 0) is 55.0 Å². The minimum atomic E-state index is -0.0970. The molecular weight excluding hydrogens is 356 g/mol. The molecule has 0 saturated carbocycles. The van der Waals surface area contributed by atoms with Crippen LogP contribution < -0.4 is 10.2 Å². The largest absolute Gasteiger partial charge is 0.378 e. The van der Waals surface area contributed by atoms with Crippen LogP contribution in [-0.4, -0.2) is 32.2 Å². The highest BCUT2D eigenvalue weighted by atomic mass is 79.9. The zero-order valence-electron chi connectivity index (χ0n) is 13.0. The molecule has 0 aromatic heterocycles. The monoisotopic (exact) mass is 374 g/mol. The molecule has 5 heteroatoms. The van der Waals surface area contributed by atoms with Crippen LogP contribution >= 0.6 is 15.9 Å². The van der Waals surface area contributed by atoms with Gasteiger partial charge in [0.05, 0.1) is 13.2 Å². The number of nitrogens with one attached hydrogen (secondary N) is 1. The van der Waals surface area contributed by atoms with Gasteiger partial charge in [0.25, 0.3) is 5.91 Å². The number of halogens is 1. The summed E-state index contributed by atoms with van der Waals surface area (Å²) in [4.78, 5) is 14.6. The third-order valence-electron chi connectivity index (χ3n) is 3.92. The van der Waals surface area contributed by atoms with Gasteiger partial charge in [0, 0.05) is 34.5 Å². The first-order valence-corrected chi connectivity index (χ1v) is 8.43. The van der Waals surface area contributed by atoms with Crippen LogP contribution in [0.1, 0.15) is 15.9 Å². The van der Waals surface area contributed by atoms with Crippen LogP contribution in [0.2, 0.25) is 0 Å². The van der Waals surface area contributed by atoms with E-state index in [1.807, 2.05) is 49.4 Å². The number of carbonyl (C=O) groups is 1. The fraction of sp³-hybridized carbons (Fsp3) is 0.278. The molecule has 1 N–H and O–H groups in total. The number of aryl methyl sites for hydroxylation is 1. The summed E-state index contributed by atoms with van der Waals surface area (Å²) in [5.74, 6) is -0.0970. The lowest BCUT2D eigenvalue weighted by molar-refractivity contribution is 0.102. The van der Waals surface area contributed by atoms with Gasteiger partial charge in [-0.1, -0.05) is 15.9 Å². The highest BCUT2D eigenvalue weighted by molar-refractivity contribution is 9.10. The summed E-state index contributed by atoms with van der Waals surface area (Å²) < 4.78 is 6.39. The number of nitrogens with zero attached hydrogens (tertiary/aromatic N) is 1. The van der Waals surface area contributed by atoms with Crippen molar-refractivity contribution in [1.82, 2.24) is 0 Å². The second kappa shape index (κ2) is 7.15. The van der Waals surface area contributed by atoms with Crippen LogP contribution in [0.15, 0.2) is 46.9 Å². The SMILES string of the molecule is Cc1cc(NC(=O)c2ccc(N3CCOCC3)cc2)ccc1Br. The molecule has 3 rings (SSSR count). The first-order chi connectivity index (χ1) is 11.1. The van der Waals surface area contributed by atoms with Gasteiger partial charge in [0.15, 0.2) is 0 Å². The summed E-state index contributed by atoms with van der Waals surface area (Å²) >= 11 is 3.46. The van der Waals surface area contributed by atoms with Crippen molar-refractivity contribution >= 4 is 33.2 Å². The molecular formula is C18H19BrN2O2. The molecule has 1 heterocycles. The lowest BCUT2D eigenvalue weighted by Gasteiger charge is -2.28. The minimum absolute atomic E-state index is 0.0970. The molecule has 0 spiro atoms. The summed E-state index contributed by atoms with van der Waals surface area (Å²) in [6, 6.07) is 13.5. The fourth-order valence-corrected chi connectivity index (χ4v) is 2.82. The minimum Gasteiger partial charge on any atom is -0.378 e. The molecule has 0 bridgehead atoms. The maximum Gasteiger partial charge on any atom is 0.255 e. The molecule has 23 heavy (non-hydrogen) atoms. The average molecular weight is 375 g/mol. The predicted octanol–water partition coefficient (Wildman–Crippen LogP) is 3.85. The molecule has 1 aliphatic heterocycles. The van der Waals surface area contributed by atoms with Gasteiger partial charge in [-0.2, -0.15) is 0 Å². The van der Waals surface area contributed by atoms with Crippen molar-refractivity contribution in [2.45, 2.75) is 6.92 Å². The second-order valence-electron chi connectivity index (χ2n) is 5.56. The van der Waals surface area contributed by atoms with Gasteiger partial charge in [0.2, 0.25) is 0 Å². The van der Waals surface area contributed by atoms with E-state index in [9.17, 15) is 4.79 Å². The third kappa shape index (κ3) is 3.92. The molecule has 0 radical (unpaired) electrons. The predicted molar refractivity (Wildman–Crippen MR) is 96.3 cm³/mol. The van der Waals surface area contributed by atoms with E-state index in [-0.39, 0.29) is 5.91 Å². The molecule has 1 saturated heterocycles. The van der Waals surface area contributed by atoms with Crippen molar-refractivity contribution < 1.29 is 9.53 Å². The first-order valence-electron chi connectivity index (χ1n) is 7.64. The van der Waals surface area contributed by atoms with Crippen molar-refractivity contribution in [2.75, 3.05) is 36.5 Å². The quantitative estimate of drug-likeness (QED) is 0.886. The van der Waals surface area contributed by atoms with Crippen LogP contribution in [0, 0.1) is 6.92 Å². The first kappa shape index (κ1) is 16.0. The number of anilines is 2. The second-order valence-corrected chi connectivity index (χ2v) is 6.42. The van der Waals surface area contributed by atoms with E-state index in [0.717, 1.165) is 47.7 Å². The van der Waals surface area contributed by atoms with Gasteiger partial charge >= 0.3 is 0 Å². The molecule has 1 aliphatic rings. The summed E-state index contributed by atoms with van der Waals surface area (Å²) in [5, 5.41) is 2.93. The van der Waals surface area contributed by atoms with Crippen molar-refractivity contribution in [1.29, 1.82) is 0 Å². The van der Waals surface area contributed by atoms with E-state index in [0.29, 0.717) is 5.56 Å². The highest BCUT2D eigenvalue weighted by Gasteiger charge is 2.12. The summed E-state index contributed by atoms with van der Waals surface area (Å²) in [5.41, 5.74) is 3.67.